The third kappa shape index (κ3) is 20.8. The van der Waals surface area contributed by atoms with E-state index in [4.69, 9.17) is 99.7 Å². The van der Waals surface area contributed by atoms with Crippen molar-refractivity contribution < 1.29 is 32.2 Å². The third-order valence-corrected chi connectivity index (χ3v) is 18.0. The van der Waals surface area contributed by atoms with Crippen molar-refractivity contribution in [3.63, 3.8) is 0 Å². The first-order valence-corrected chi connectivity index (χ1v) is 32.7. The number of nitrogens with zero attached hydrogens (tertiary/aromatic N) is 12. The van der Waals surface area contributed by atoms with Crippen LogP contribution in [0, 0.1) is 64.8 Å². The number of primary amides is 1. The molecule has 0 aliphatic carbocycles. The SMILES string of the molecule is C#CCN1CCN(c2ncc(Sc3ccc(C#N)cc3)c(OCc3ccc(F)c(Cl)c3)n2)CC1.C#CCN1CCN(c2ncc(Sc3ccc(C(N)=O)cc3)c(OCc3ccc(F)c(Cl)c3)n2)CC1.N#Cc1ccc(Sc2cnc(Cl)nc2OCc2ccc(F)c(Cl)c2)cc1. The molecule has 2 N–H and O–H groups in total. The number of ether oxygens (including phenoxy) is 3. The van der Waals surface area contributed by atoms with Crippen LogP contribution in [0.15, 0.2) is 175 Å². The molecule has 2 fully saturated rings. The molecule has 0 radical (unpaired) electrons. The standard InChI is InChI=1S/C25H23ClFN5O2S.C25H21ClFN5OS.C18H10Cl2FN3OS/c1-2-9-31-10-12-32(13-11-31)25-29-15-22(35-19-6-4-18(5-7-19)23(28)33)24(30-25)34-16-17-3-8-21(27)20(26)14-17;1-2-9-31-10-12-32(13-11-31)25-29-16-23(34-20-6-3-18(15-28)4-7-20)24(30-25)33-17-19-5-8-22(27)21(26)14-19;19-14-7-12(3-6-15(14)21)10-25-17-16(9-23-18(20)24-17)26-13-4-1-11(8-22)2-5-13/h1,3-8,14-15H,9-13,16H2,(H2,28,33);1,3-8,14,16H,9-13,17H2;1-7,9H,10H2. The van der Waals surface area contributed by atoms with Gasteiger partial charge in [-0.3, -0.25) is 14.6 Å². The molecule has 6 aromatic carbocycles. The van der Waals surface area contributed by atoms with Crippen molar-refractivity contribution in [2.75, 3.05) is 75.2 Å². The maximum atomic E-state index is 13.5. The summed E-state index contributed by atoms with van der Waals surface area (Å²) < 4.78 is 58.1. The molecule has 0 saturated carbocycles. The Morgan fingerprint density at radius 3 is 1.16 bits per heavy atom. The van der Waals surface area contributed by atoms with Crippen molar-refractivity contribution in [2.24, 2.45) is 5.73 Å². The number of piperazine rings is 2. The zero-order valence-corrected chi connectivity index (χ0v) is 55.6. The predicted octanol–water partition coefficient (Wildman–Crippen LogP) is 14.0. The van der Waals surface area contributed by atoms with Gasteiger partial charge in [-0.2, -0.15) is 25.5 Å². The molecular formula is C68H54Cl4F3N13O4S3. The zero-order chi connectivity index (χ0) is 67.2. The highest BCUT2D eigenvalue weighted by molar-refractivity contribution is 8.00. The third-order valence-electron chi connectivity index (χ3n) is 13.9. The Hall–Kier alpha value is -8.95. The molecule has 5 heterocycles. The predicted molar refractivity (Wildman–Crippen MR) is 363 cm³/mol. The summed E-state index contributed by atoms with van der Waals surface area (Å²) in [5.41, 5.74) is 9.05. The van der Waals surface area contributed by atoms with E-state index in [1.807, 2.05) is 24.3 Å². The molecule has 0 bridgehead atoms. The Bertz CT molecular complexity index is 4320. The van der Waals surface area contributed by atoms with Crippen LogP contribution in [0.25, 0.3) is 0 Å². The van der Waals surface area contributed by atoms with E-state index in [9.17, 15) is 18.0 Å². The summed E-state index contributed by atoms with van der Waals surface area (Å²) >= 11 is 27.7. The first-order valence-electron chi connectivity index (χ1n) is 28.8. The lowest BCUT2D eigenvalue weighted by Crippen LogP contribution is -2.47. The number of benzene rings is 6. The van der Waals surface area contributed by atoms with Crippen LogP contribution in [0.2, 0.25) is 20.4 Å². The van der Waals surface area contributed by atoms with Gasteiger partial charge in [-0.1, -0.05) is 100 Å². The highest BCUT2D eigenvalue weighted by Crippen LogP contribution is 2.38. The number of hydrogen-bond acceptors (Lipinski definition) is 19. The average Bonchev–Trinajstić information content (AvgIpc) is 0.898. The van der Waals surface area contributed by atoms with Gasteiger partial charge in [0.2, 0.25) is 40.7 Å². The van der Waals surface area contributed by atoms with Crippen LogP contribution < -0.4 is 29.7 Å². The molecule has 27 heteroatoms. The molecule has 482 valence electrons. The van der Waals surface area contributed by atoms with E-state index in [-0.39, 0.29) is 40.2 Å². The van der Waals surface area contributed by atoms with Gasteiger partial charge in [-0.25, -0.2) is 28.1 Å². The maximum Gasteiger partial charge on any atom is 0.248 e. The van der Waals surface area contributed by atoms with Crippen molar-refractivity contribution in [3.05, 3.63) is 217 Å². The quantitative estimate of drug-likeness (QED) is 0.0555. The fraction of sp³-hybridized carbons (Fsp3) is 0.191. The number of carbonyl (C=O) groups excluding carboxylic acids is 1. The van der Waals surface area contributed by atoms with Gasteiger partial charge in [-0.05, 0) is 137 Å². The van der Waals surface area contributed by atoms with Crippen LogP contribution in [-0.4, -0.2) is 111 Å². The molecule has 95 heavy (non-hydrogen) atoms. The van der Waals surface area contributed by atoms with Gasteiger partial charge in [-0.15, -0.1) is 12.8 Å². The molecule has 3 aromatic heterocycles. The molecule has 2 saturated heterocycles. The minimum Gasteiger partial charge on any atom is -0.472 e. The first-order chi connectivity index (χ1) is 46.0. The molecule has 0 unspecified atom stereocenters. The second-order valence-electron chi connectivity index (χ2n) is 20.5. The number of hydrogen-bond donors (Lipinski definition) is 1. The van der Waals surface area contributed by atoms with Gasteiger partial charge in [0, 0.05) is 78.8 Å². The van der Waals surface area contributed by atoms with Gasteiger partial charge in [0.1, 0.15) is 37.3 Å². The summed E-state index contributed by atoms with van der Waals surface area (Å²) in [4.78, 5) is 51.4. The average molecular weight is 1410 g/mol. The van der Waals surface area contributed by atoms with Crippen LogP contribution in [0.3, 0.4) is 0 Å². The minimum atomic E-state index is -0.488. The number of halogens is 7. The highest BCUT2D eigenvalue weighted by Gasteiger charge is 2.23. The summed E-state index contributed by atoms with van der Waals surface area (Å²) in [5.74, 6) is 5.68. The number of aromatic nitrogens is 6. The Kier molecular flexibility index (Phi) is 25.9. The van der Waals surface area contributed by atoms with Crippen LogP contribution in [-0.2, 0) is 19.8 Å². The number of carbonyl (C=O) groups is 1. The smallest absolute Gasteiger partial charge is 0.248 e. The Morgan fingerprint density at radius 1 is 0.495 bits per heavy atom. The van der Waals surface area contributed by atoms with E-state index in [0.717, 1.165) is 77.5 Å². The second kappa shape index (κ2) is 35.0. The Morgan fingerprint density at radius 2 is 0.832 bits per heavy atom. The molecule has 0 atom stereocenters. The van der Waals surface area contributed by atoms with Gasteiger partial charge >= 0.3 is 0 Å². The van der Waals surface area contributed by atoms with Crippen LogP contribution >= 0.6 is 81.7 Å². The van der Waals surface area contributed by atoms with Gasteiger partial charge in [0.05, 0.1) is 78.5 Å². The van der Waals surface area contributed by atoms with Crippen LogP contribution in [0.5, 0.6) is 17.6 Å². The van der Waals surface area contributed by atoms with Crippen molar-refractivity contribution in [1.29, 1.82) is 10.5 Å². The number of rotatable bonds is 20. The highest BCUT2D eigenvalue weighted by atomic mass is 35.5. The number of nitrogens with two attached hydrogens (primary N) is 1. The van der Waals surface area contributed by atoms with Crippen molar-refractivity contribution in [2.45, 2.75) is 49.2 Å². The van der Waals surface area contributed by atoms with E-state index >= 15 is 0 Å². The molecule has 1 amide bonds. The van der Waals surface area contributed by atoms with Gasteiger partial charge in [0.25, 0.3) is 0 Å². The molecule has 2 aliphatic heterocycles. The van der Waals surface area contributed by atoms with Gasteiger partial charge < -0.3 is 29.7 Å². The van der Waals surface area contributed by atoms with E-state index in [2.05, 4.69) is 63.5 Å². The molecule has 17 nitrogen and oxygen atoms in total. The Balaban J connectivity index is 0.000000170. The molecule has 11 rings (SSSR count). The van der Waals surface area contributed by atoms with Crippen molar-refractivity contribution in [3.8, 4) is 54.5 Å². The lowest BCUT2D eigenvalue weighted by Gasteiger charge is -2.33. The number of nitriles is 2. The van der Waals surface area contributed by atoms with Crippen molar-refractivity contribution in [1.82, 2.24) is 39.7 Å². The van der Waals surface area contributed by atoms with Crippen molar-refractivity contribution >= 4 is 99.5 Å². The molecular weight excluding hydrogens is 1360 g/mol. The number of anilines is 2. The summed E-state index contributed by atoms with van der Waals surface area (Å²) in [6.07, 6.45) is 15.9. The summed E-state index contributed by atoms with van der Waals surface area (Å²) in [7, 11) is 0. The second-order valence-corrected chi connectivity index (χ2v) is 25.4. The fourth-order valence-electron chi connectivity index (χ4n) is 8.93. The van der Waals surface area contributed by atoms with Crippen LogP contribution in [0.4, 0.5) is 25.1 Å². The van der Waals surface area contributed by atoms with E-state index in [0.29, 0.717) is 80.2 Å². The van der Waals surface area contributed by atoms with E-state index in [1.165, 1.54) is 71.7 Å². The molecule has 9 aromatic rings. The van der Waals surface area contributed by atoms with E-state index < -0.39 is 23.4 Å². The topological polar surface area (TPSA) is 209 Å². The normalized spacial score (nSPS) is 12.9. The fourth-order valence-corrected chi connectivity index (χ4v) is 12.1. The maximum absolute atomic E-state index is 13.5. The van der Waals surface area contributed by atoms with E-state index in [1.54, 1.807) is 85.3 Å². The number of amides is 1. The minimum absolute atomic E-state index is 0.0269. The first kappa shape index (κ1) is 70.4. The summed E-state index contributed by atoms with van der Waals surface area (Å²) in [6, 6.07) is 38.7. The van der Waals surface area contributed by atoms with Crippen LogP contribution in [0.1, 0.15) is 38.2 Å². The Labute approximate surface area is 579 Å². The largest absolute Gasteiger partial charge is 0.472 e. The monoisotopic (exact) mass is 1410 g/mol. The lowest BCUT2D eigenvalue weighted by atomic mass is 10.2. The van der Waals surface area contributed by atoms with Gasteiger partial charge in [0.15, 0.2) is 0 Å². The summed E-state index contributed by atoms with van der Waals surface area (Å²) in [5, 5.41) is 18.1. The number of terminal acetylenes is 2. The molecule has 0 spiro atoms. The summed E-state index contributed by atoms with van der Waals surface area (Å²) in [6.45, 7) is 8.04. The zero-order valence-electron chi connectivity index (χ0n) is 50.2. The lowest BCUT2D eigenvalue weighted by molar-refractivity contribution is 0.1000. The molecule has 2 aliphatic rings.